The number of nitrogens with one attached hydrogen (secondary N) is 1. The number of phenolic OH excluding ortho intramolecular Hbond substituents is 1. The number of sulfone groups is 1. The number of aromatic amines is 1. The van der Waals surface area contributed by atoms with Gasteiger partial charge in [-0.3, -0.25) is 0 Å². The van der Waals surface area contributed by atoms with Crippen LogP contribution in [0.15, 0.2) is 65.8 Å². The Labute approximate surface area is 165 Å². The zero-order chi connectivity index (χ0) is 19.9. The van der Waals surface area contributed by atoms with Crippen LogP contribution >= 0.6 is 0 Å². The van der Waals surface area contributed by atoms with Crippen LogP contribution in [0.4, 0.5) is 0 Å². The monoisotopic (exact) mass is 397 g/mol. The fourth-order valence-corrected chi connectivity index (χ4v) is 4.08. The van der Waals surface area contributed by atoms with Crippen molar-refractivity contribution < 1.29 is 16.4 Å². The Morgan fingerprint density at radius 2 is 1.75 bits per heavy atom. The lowest BCUT2D eigenvalue weighted by Gasteiger charge is -2.08. The molecular weight excluding hydrogens is 374 g/mol. The number of hydrogen-bond donors (Lipinski definition) is 2. The van der Waals surface area contributed by atoms with Crippen molar-refractivity contribution in [3.8, 4) is 28.1 Å². The fraction of sp³-hybridized carbons (Fsp3) is 0.143. The number of H-pyrrole nitrogens is 1. The molecule has 2 aromatic carbocycles. The van der Waals surface area contributed by atoms with Crippen molar-refractivity contribution in [2.45, 2.75) is 24.0 Å². The molecule has 0 atom stereocenters. The molecule has 2 heterocycles. The lowest BCUT2D eigenvalue weighted by atomic mass is 10.1. The Bertz CT molecular complexity index is 1270. The molecule has 0 fully saturated rings. The first-order valence-electron chi connectivity index (χ1n) is 8.85. The minimum Gasteiger partial charge on any atom is -0.507 e. The first kappa shape index (κ1) is 18.2. The Balaban J connectivity index is 0.00000160. The average Bonchev–Trinajstić information content (AvgIpc) is 3.11. The number of nitrogens with zero attached hydrogens (tertiary/aromatic N) is 2. The Hall–Kier alpha value is -3.19. The highest BCUT2D eigenvalue weighted by atomic mass is 32.2. The molecule has 0 aliphatic rings. The first-order valence-corrected chi connectivity index (χ1v) is 10.4. The minimum atomic E-state index is -3.32. The van der Waals surface area contributed by atoms with E-state index in [0.717, 1.165) is 11.1 Å². The molecule has 2 aromatic heterocycles. The second-order valence-electron chi connectivity index (χ2n) is 6.79. The van der Waals surface area contributed by atoms with Gasteiger partial charge in [-0.1, -0.05) is 30.3 Å². The normalized spacial score (nSPS) is 12.0. The predicted octanol–water partition coefficient (Wildman–Crippen LogP) is 4.67. The molecule has 0 unspecified atom stereocenters. The van der Waals surface area contributed by atoms with E-state index in [4.69, 9.17) is 4.98 Å². The average molecular weight is 398 g/mol. The molecule has 6 nitrogen and oxygen atoms in total. The molecule has 28 heavy (non-hydrogen) atoms. The van der Waals surface area contributed by atoms with Crippen LogP contribution in [-0.4, -0.2) is 33.7 Å². The Morgan fingerprint density at radius 1 is 1.04 bits per heavy atom. The van der Waals surface area contributed by atoms with Crippen LogP contribution in [0.3, 0.4) is 0 Å². The summed E-state index contributed by atoms with van der Waals surface area (Å²) in [6.45, 7) is 3.32. The van der Waals surface area contributed by atoms with Crippen molar-refractivity contribution >= 4 is 21.0 Å². The van der Waals surface area contributed by atoms with Gasteiger partial charge in [-0.2, -0.15) is 0 Å². The summed E-state index contributed by atoms with van der Waals surface area (Å²) in [4.78, 5) is 12.5. The van der Waals surface area contributed by atoms with E-state index in [2.05, 4.69) is 9.97 Å². The van der Waals surface area contributed by atoms with Gasteiger partial charge in [0.05, 0.1) is 22.0 Å². The molecule has 4 rings (SSSR count). The molecule has 7 heteroatoms. The van der Waals surface area contributed by atoms with Gasteiger partial charge in [-0.25, -0.2) is 18.4 Å². The van der Waals surface area contributed by atoms with E-state index in [0.29, 0.717) is 22.4 Å². The van der Waals surface area contributed by atoms with Crippen LogP contribution in [0.5, 0.6) is 5.75 Å². The number of phenols is 1. The summed E-state index contributed by atoms with van der Waals surface area (Å²) in [6, 6.07) is 13.7. The standard InChI is InChI=1S/C21H19N3O3S.2H2/c1-13(2)28(26,27)15-9-7-14(8-10-15)18-12-23-21-20(24-18)17(11-22-21)16-5-3-4-6-19(16)25;;/h3-13,25H,1-2H3,(H,22,23);2*1H. The van der Waals surface area contributed by atoms with E-state index in [1.165, 1.54) is 0 Å². The van der Waals surface area contributed by atoms with Gasteiger partial charge >= 0.3 is 0 Å². The minimum absolute atomic E-state index is 0. The van der Waals surface area contributed by atoms with Crippen molar-refractivity contribution in [1.29, 1.82) is 0 Å². The van der Waals surface area contributed by atoms with Crippen LogP contribution in [0, 0.1) is 0 Å². The molecule has 0 saturated carbocycles. The van der Waals surface area contributed by atoms with Gasteiger partial charge in [0.2, 0.25) is 0 Å². The maximum absolute atomic E-state index is 12.3. The van der Waals surface area contributed by atoms with Crippen molar-refractivity contribution in [2.24, 2.45) is 0 Å². The maximum atomic E-state index is 12.3. The second-order valence-corrected chi connectivity index (χ2v) is 9.29. The SMILES string of the molecule is CC(C)S(=O)(=O)c1ccc(-c2cnc3[nH]cc(-c4ccccc4O)c3n2)cc1.[HH].[HH]. The number of para-hydroxylation sites is 1. The zero-order valence-electron chi connectivity index (χ0n) is 15.4. The largest absolute Gasteiger partial charge is 0.507 e. The van der Waals surface area contributed by atoms with Gasteiger partial charge in [0.1, 0.15) is 11.3 Å². The third kappa shape index (κ3) is 3.03. The third-order valence-electron chi connectivity index (χ3n) is 4.67. The fourth-order valence-electron chi connectivity index (χ4n) is 3.02. The number of benzene rings is 2. The predicted molar refractivity (Wildman–Crippen MR) is 113 cm³/mol. The molecule has 0 aliphatic heterocycles. The Kier molecular flexibility index (Phi) is 4.39. The highest BCUT2D eigenvalue weighted by Gasteiger charge is 2.19. The van der Waals surface area contributed by atoms with Crippen molar-refractivity contribution in [3.05, 3.63) is 60.9 Å². The van der Waals surface area contributed by atoms with Crippen LogP contribution in [0.2, 0.25) is 0 Å². The molecule has 2 N–H and O–H groups in total. The van der Waals surface area contributed by atoms with Crippen molar-refractivity contribution in [2.75, 3.05) is 0 Å². The number of aromatic nitrogens is 3. The number of aromatic hydroxyl groups is 1. The molecule has 0 bridgehead atoms. The summed E-state index contributed by atoms with van der Waals surface area (Å²) in [5, 5.41) is 9.68. The van der Waals surface area contributed by atoms with Gasteiger partial charge in [0.15, 0.2) is 15.5 Å². The summed E-state index contributed by atoms with van der Waals surface area (Å²) in [6.07, 6.45) is 3.40. The van der Waals surface area contributed by atoms with E-state index < -0.39 is 15.1 Å². The second kappa shape index (κ2) is 6.76. The van der Waals surface area contributed by atoms with Crippen LogP contribution in [0.1, 0.15) is 16.7 Å². The smallest absolute Gasteiger partial charge is 0.180 e. The molecule has 0 aliphatic carbocycles. The third-order valence-corrected chi connectivity index (χ3v) is 6.84. The van der Waals surface area contributed by atoms with Crippen LogP contribution in [-0.2, 0) is 9.84 Å². The van der Waals surface area contributed by atoms with E-state index >= 15 is 0 Å². The summed E-state index contributed by atoms with van der Waals surface area (Å²) in [7, 11) is -3.32. The lowest BCUT2D eigenvalue weighted by molar-refractivity contribution is 0.477. The molecule has 146 valence electrons. The highest BCUT2D eigenvalue weighted by Crippen LogP contribution is 2.33. The van der Waals surface area contributed by atoms with Crippen LogP contribution in [0.25, 0.3) is 33.5 Å². The van der Waals surface area contributed by atoms with E-state index in [-0.39, 0.29) is 13.5 Å². The molecule has 0 radical (unpaired) electrons. The first-order chi connectivity index (χ1) is 13.4. The summed E-state index contributed by atoms with van der Waals surface area (Å²) in [5.74, 6) is 0.166. The molecule has 0 amide bonds. The quantitative estimate of drug-likeness (QED) is 0.522. The van der Waals surface area contributed by atoms with E-state index in [1.807, 2.05) is 12.1 Å². The number of hydrogen-bond acceptors (Lipinski definition) is 5. The lowest BCUT2D eigenvalue weighted by Crippen LogP contribution is -2.13. The zero-order valence-corrected chi connectivity index (χ0v) is 16.2. The topological polar surface area (TPSA) is 95.9 Å². The number of rotatable bonds is 4. The molecular formula is C21H23N3O3S. The van der Waals surface area contributed by atoms with Gasteiger partial charge in [0.25, 0.3) is 0 Å². The van der Waals surface area contributed by atoms with Gasteiger partial charge in [-0.15, -0.1) is 0 Å². The number of fused-ring (bicyclic) bond motifs is 1. The van der Waals surface area contributed by atoms with Gasteiger partial charge in [0, 0.05) is 25.7 Å². The van der Waals surface area contributed by atoms with E-state index in [9.17, 15) is 13.5 Å². The van der Waals surface area contributed by atoms with E-state index in [1.54, 1.807) is 62.6 Å². The van der Waals surface area contributed by atoms with Crippen LogP contribution < -0.4 is 0 Å². The molecule has 0 saturated heterocycles. The highest BCUT2D eigenvalue weighted by molar-refractivity contribution is 7.92. The Morgan fingerprint density at radius 3 is 2.43 bits per heavy atom. The summed E-state index contributed by atoms with van der Waals surface area (Å²) >= 11 is 0. The van der Waals surface area contributed by atoms with Crippen molar-refractivity contribution in [1.82, 2.24) is 15.0 Å². The summed E-state index contributed by atoms with van der Waals surface area (Å²) < 4.78 is 24.6. The van der Waals surface area contributed by atoms with Crippen molar-refractivity contribution in [3.63, 3.8) is 0 Å². The van der Waals surface area contributed by atoms with Gasteiger partial charge < -0.3 is 10.1 Å². The van der Waals surface area contributed by atoms with Gasteiger partial charge in [-0.05, 0) is 32.0 Å². The summed E-state index contributed by atoms with van der Waals surface area (Å²) in [5.41, 5.74) is 4.05. The molecule has 4 aromatic rings. The molecule has 0 spiro atoms. The maximum Gasteiger partial charge on any atom is 0.180 e.